The van der Waals surface area contributed by atoms with Crippen LogP contribution in [0.5, 0.6) is 0 Å². The fourth-order valence-corrected chi connectivity index (χ4v) is 3.38. The van der Waals surface area contributed by atoms with Crippen molar-refractivity contribution in [2.24, 2.45) is 4.99 Å². The van der Waals surface area contributed by atoms with Crippen LogP contribution in [-0.4, -0.2) is 45.2 Å². The van der Waals surface area contributed by atoms with Crippen LogP contribution in [-0.2, 0) is 4.74 Å². The van der Waals surface area contributed by atoms with Crippen molar-refractivity contribution in [3.05, 3.63) is 59.2 Å². The summed E-state index contributed by atoms with van der Waals surface area (Å²) in [6.07, 6.45) is 2.17. The number of anilines is 2. The Morgan fingerprint density at radius 2 is 1.93 bits per heavy atom. The zero-order valence-corrected chi connectivity index (χ0v) is 17.7. The standard InChI is InChI=1S/C23H30N4O2/c1-16-11-17(2)13-19(12-16)25-23(24-15-21-9-6-10-29-21)26-22(28)18-7-5-8-20(14-18)27(3)4/h5,7-8,11-14,21H,6,9-10,15H2,1-4H3,(H2,24,25,26,28)/t21-/m1/s1. The molecule has 1 aliphatic heterocycles. The van der Waals surface area contributed by atoms with Crippen molar-refractivity contribution < 1.29 is 9.53 Å². The number of hydrogen-bond acceptors (Lipinski definition) is 4. The van der Waals surface area contributed by atoms with E-state index in [-0.39, 0.29) is 12.0 Å². The van der Waals surface area contributed by atoms with Gasteiger partial charge in [-0.05, 0) is 68.1 Å². The zero-order valence-electron chi connectivity index (χ0n) is 17.7. The molecule has 1 atom stereocenters. The first-order valence-electron chi connectivity index (χ1n) is 10.0. The Hall–Kier alpha value is -2.86. The molecule has 2 N–H and O–H groups in total. The molecule has 2 aromatic carbocycles. The summed E-state index contributed by atoms with van der Waals surface area (Å²) in [6.45, 7) is 5.40. The van der Waals surface area contributed by atoms with Crippen molar-refractivity contribution in [3.63, 3.8) is 0 Å². The van der Waals surface area contributed by atoms with E-state index < -0.39 is 0 Å². The summed E-state index contributed by atoms with van der Waals surface area (Å²) >= 11 is 0. The highest BCUT2D eigenvalue weighted by Crippen LogP contribution is 2.16. The van der Waals surface area contributed by atoms with Crippen LogP contribution in [0.1, 0.15) is 34.3 Å². The third-order valence-electron chi connectivity index (χ3n) is 4.82. The van der Waals surface area contributed by atoms with E-state index in [0.717, 1.165) is 42.0 Å². The third-order valence-corrected chi connectivity index (χ3v) is 4.82. The molecule has 1 fully saturated rings. The minimum Gasteiger partial charge on any atom is -0.378 e. The number of carbonyl (C=O) groups excluding carboxylic acids is 1. The normalized spacial score (nSPS) is 16.6. The van der Waals surface area contributed by atoms with Gasteiger partial charge in [0.25, 0.3) is 5.91 Å². The SMILES string of the molecule is Cc1cc(C)cc(NC(=NC[C@H]2CCCO2)NC(=O)c2cccc(N(C)C)c2)c1. The number of nitrogens with one attached hydrogen (secondary N) is 2. The molecule has 6 heteroatoms. The fraction of sp³-hybridized carbons (Fsp3) is 0.391. The van der Waals surface area contributed by atoms with Crippen LogP contribution in [0.3, 0.4) is 0 Å². The molecule has 1 heterocycles. The summed E-state index contributed by atoms with van der Waals surface area (Å²) < 4.78 is 5.67. The lowest BCUT2D eigenvalue weighted by molar-refractivity contribution is 0.0975. The zero-order chi connectivity index (χ0) is 20.8. The molecule has 154 valence electrons. The second-order valence-electron chi connectivity index (χ2n) is 7.72. The van der Waals surface area contributed by atoms with E-state index in [1.165, 1.54) is 0 Å². The molecular formula is C23H30N4O2. The lowest BCUT2D eigenvalue weighted by Crippen LogP contribution is -2.37. The average Bonchev–Trinajstić information content (AvgIpc) is 3.19. The van der Waals surface area contributed by atoms with Crippen molar-refractivity contribution in [2.45, 2.75) is 32.8 Å². The molecule has 0 radical (unpaired) electrons. The van der Waals surface area contributed by atoms with Gasteiger partial charge in [0.1, 0.15) is 0 Å². The van der Waals surface area contributed by atoms with Crippen LogP contribution in [0.25, 0.3) is 0 Å². The Balaban J connectivity index is 1.79. The number of carbonyl (C=O) groups is 1. The van der Waals surface area contributed by atoms with E-state index in [1.807, 2.05) is 63.2 Å². The first kappa shape index (κ1) is 20.9. The maximum absolute atomic E-state index is 12.9. The van der Waals surface area contributed by atoms with E-state index in [2.05, 4.69) is 21.7 Å². The van der Waals surface area contributed by atoms with Gasteiger partial charge >= 0.3 is 0 Å². The topological polar surface area (TPSA) is 66.0 Å². The van der Waals surface area contributed by atoms with Crippen molar-refractivity contribution in [1.29, 1.82) is 0 Å². The molecule has 0 aromatic heterocycles. The van der Waals surface area contributed by atoms with Gasteiger partial charge in [0.15, 0.2) is 0 Å². The number of rotatable bonds is 5. The first-order chi connectivity index (χ1) is 13.9. The third kappa shape index (κ3) is 6.06. The van der Waals surface area contributed by atoms with Gasteiger partial charge in [0, 0.05) is 37.6 Å². The van der Waals surface area contributed by atoms with Gasteiger partial charge in [-0.2, -0.15) is 0 Å². The van der Waals surface area contributed by atoms with Crippen molar-refractivity contribution in [1.82, 2.24) is 5.32 Å². The summed E-state index contributed by atoms with van der Waals surface area (Å²) in [5.41, 5.74) is 4.75. The minimum atomic E-state index is -0.198. The summed E-state index contributed by atoms with van der Waals surface area (Å²) in [5, 5.41) is 6.21. The van der Waals surface area contributed by atoms with E-state index in [0.29, 0.717) is 18.1 Å². The molecule has 0 bridgehead atoms. The predicted molar refractivity (Wildman–Crippen MR) is 119 cm³/mol. The molecule has 1 aliphatic rings. The maximum Gasteiger partial charge on any atom is 0.258 e. The number of aliphatic imine (C=N–C) groups is 1. The van der Waals surface area contributed by atoms with Gasteiger partial charge in [0.05, 0.1) is 12.6 Å². The second-order valence-corrected chi connectivity index (χ2v) is 7.72. The van der Waals surface area contributed by atoms with Crippen LogP contribution >= 0.6 is 0 Å². The lowest BCUT2D eigenvalue weighted by Gasteiger charge is -2.16. The molecule has 3 rings (SSSR count). The highest BCUT2D eigenvalue weighted by atomic mass is 16.5. The maximum atomic E-state index is 12.9. The first-order valence-corrected chi connectivity index (χ1v) is 10.0. The molecule has 1 saturated heterocycles. The quantitative estimate of drug-likeness (QED) is 0.599. The van der Waals surface area contributed by atoms with Crippen LogP contribution in [0, 0.1) is 13.8 Å². The van der Waals surface area contributed by atoms with Gasteiger partial charge in [0.2, 0.25) is 5.96 Å². The Kier molecular flexibility index (Phi) is 6.88. The Bertz CT molecular complexity index is 866. The Labute approximate surface area is 173 Å². The monoisotopic (exact) mass is 394 g/mol. The van der Waals surface area contributed by atoms with Crippen LogP contribution in [0.15, 0.2) is 47.5 Å². The van der Waals surface area contributed by atoms with Crippen LogP contribution < -0.4 is 15.5 Å². The number of nitrogens with zero attached hydrogens (tertiary/aromatic N) is 2. The van der Waals surface area contributed by atoms with Gasteiger partial charge < -0.3 is 15.0 Å². The summed E-state index contributed by atoms with van der Waals surface area (Å²) in [7, 11) is 3.90. The number of hydrogen-bond donors (Lipinski definition) is 2. The lowest BCUT2D eigenvalue weighted by atomic mass is 10.1. The summed E-state index contributed by atoms with van der Waals surface area (Å²) in [4.78, 5) is 19.5. The highest BCUT2D eigenvalue weighted by molar-refractivity contribution is 6.10. The van der Waals surface area contributed by atoms with Crippen molar-refractivity contribution in [2.75, 3.05) is 37.5 Å². The number of aryl methyl sites for hydroxylation is 2. The minimum absolute atomic E-state index is 0.111. The molecule has 29 heavy (non-hydrogen) atoms. The van der Waals surface area contributed by atoms with Gasteiger partial charge in [-0.1, -0.05) is 12.1 Å². The second kappa shape index (κ2) is 9.56. The highest BCUT2D eigenvalue weighted by Gasteiger charge is 2.16. The largest absolute Gasteiger partial charge is 0.378 e. The van der Waals surface area contributed by atoms with Gasteiger partial charge in [-0.15, -0.1) is 0 Å². The predicted octanol–water partition coefficient (Wildman–Crippen LogP) is 3.75. The Morgan fingerprint density at radius 3 is 2.59 bits per heavy atom. The van der Waals surface area contributed by atoms with E-state index >= 15 is 0 Å². The molecule has 0 spiro atoms. The number of benzene rings is 2. The molecule has 6 nitrogen and oxygen atoms in total. The van der Waals surface area contributed by atoms with E-state index in [4.69, 9.17) is 4.74 Å². The van der Waals surface area contributed by atoms with Crippen LogP contribution in [0.2, 0.25) is 0 Å². The smallest absolute Gasteiger partial charge is 0.258 e. The summed E-state index contributed by atoms with van der Waals surface area (Å²) in [6, 6.07) is 13.7. The molecule has 0 aliphatic carbocycles. The van der Waals surface area contributed by atoms with Crippen LogP contribution in [0.4, 0.5) is 11.4 Å². The Morgan fingerprint density at radius 1 is 1.17 bits per heavy atom. The number of ether oxygens (including phenoxy) is 1. The average molecular weight is 395 g/mol. The number of guanidine groups is 1. The molecule has 2 aromatic rings. The van der Waals surface area contributed by atoms with Crippen molar-refractivity contribution >= 4 is 23.2 Å². The van der Waals surface area contributed by atoms with E-state index in [9.17, 15) is 4.79 Å². The molecular weight excluding hydrogens is 364 g/mol. The summed E-state index contributed by atoms with van der Waals surface area (Å²) in [5.74, 6) is 0.238. The fourth-order valence-electron chi connectivity index (χ4n) is 3.38. The van der Waals surface area contributed by atoms with Gasteiger partial charge in [-0.25, -0.2) is 4.99 Å². The van der Waals surface area contributed by atoms with Gasteiger partial charge in [-0.3, -0.25) is 10.1 Å². The van der Waals surface area contributed by atoms with E-state index in [1.54, 1.807) is 6.07 Å². The number of amides is 1. The van der Waals surface area contributed by atoms with Crippen molar-refractivity contribution in [3.8, 4) is 0 Å². The molecule has 0 unspecified atom stereocenters. The molecule has 1 amide bonds. The molecule has 0 saturated carbocycles.